The molecule has 0 unspecified atom stereocenters. The Hall–Kier alpha value is -0.320. The van der Waals surface area contributed by atoms with Crippen molar-refractivity contribution in [2.24, 2.45) is 0 Å². The fourth-order valence-electron chi connectivity index (χ4n) is 1.11. The van der Waals surface area contributed by atoms with E-state index in [0.717, 1.165) is 15.1 Å². The average molecular weight is 303 g/mol. The van der Waals surface area contributed by atoms with E-state index in [9.17, 15) is 4.39 Å². The van der Waals surface area contributed by atoms with Crippen molar-refractivity contribution in [3.8, 4) is 0 Å². The summed E-state index contributed by atoms with van der Waals surface area (Å²) in [6.07, 6.45) is 0. The second-order valence-electron chi connectivity index (χ2n) is 2.93. The van der Waals surface area contributed by atoms with Gasteiger partial charge in [0.2, 0.25) is 0 Å². The number of hydrogen-bond acceptors (Lipinski definition) is 2. The first-order chi connectivity index (χ1) is 7.25. The van der Waals surface area contributed by atoms with Gasteiger partial charge < -0.3 is 0 Å². The topological polar surface area (TPSA) is 0 Å². The third-order valence-corrected chi connectivity index (χ3v) is 5.02. The summed E-state index contributed by atoms with van der Waals surface area (Å²) >= 11 is 6.93. The van der Waals surface area contributed by atoms with Gasteiger partial charge in [0.1, 0.15) is 5.82 Å². The standard InChI is InChI=1S/C11H8BrFS2/c12-10-5-6-14-11(10)7-15-9-3-1-8(13)2-4-9/h1-6H,7H2. The molecule has 1 aromatic carbocycles. The second kappa shape index (κ2) is 5.14. The third kappa shape index (κ3) is 3.06. The maximum Gasteiger partial charge on any atom is 0.123 e. The molecule has 0 radical (unpaired) electrons. The molecule has 0 saturated heterocycles. The van der Waals surface area contributed by atoms with Gasteiger partial charge in [0.25, 0.3) is 0 Å². The minimum Gasteiger partial charge on any atom is -0.207 e. The second-order valence-corrected chi connectivity index (χ2v) is 5.84. The smallest absolute Gasteiger partial charge is 0.123 e. The van der Waals surface area contributed by atoms with E-state index in [2.05, 4.69) is 21.3 Å². The molecule has 0 aliphatic rings. The highest BCUT2D eigenvalue weighted by Crippen LogP contribution is 2.30. The highest BCUT2D eigenvalue weighted by atomic mass is 79.9. The molecule has 78 valence electrons. The van der Waals surface area contributed by atoms with Crippen molar-refractivity contribution in [1.29, 1.82) is 0 Å². The number of thiophene rings is 1. The molecule has 0 aliphatic carbocycles. The summed E-state index contributed by atoms with van der Waals surface area (Å²) in [5.74, 6) is 0.737. The van der Waals surface area contributed by atoms with Crippen LogP contribution in [0.25, 0.3) is 0 Å². The molecule has 0 amide bonds. The van der Waals surface area contributed by atoms with Gasteiger partial charge in [0.15, 0.2) is 0 Å². The van der Waals surface area contributed by atoms with E-state index in [-0.39, 0.29) is 5.82 Å². The van der Waals surface area contributed by atoms with Gasteiger partial charge in [-0.3, -0.25) is 0 Å². The number of thioether (sulfide) groups is 1. The maximum absolute atomic E-state index is 12.6. The number of rotatable bonds is 3. The minimum absolute atomic E-state index is 0.184. The fourth-order valence-corrected chi connectivity index (χ4v) is 3.80. The molecule has 0 N–H and O–H groups in total. The van der Waals surface area contributed by atoms with Crippen LogP contribution in [0.5, 0.6) is 0 Å². The summed E-state index contributed by atoms with van der Waals surface area (Å²) in [5, 5.41) is 2.06. The number of halogens is 2. The molecule has 0 aliphatic heterocycles. The van der Waals surface area contributed by atoms with Crippen molar-refractivity contribution in [1.82, 2.24) is 0 Å². The highest BCUT2D eigenvalue weighted by molar-refractivity contribution is 9.10. The van der Waals surface area contributed by atoms with Crippen LogP contribution in [0.1, 0.15) is 4.88 Å². The van der Waals surface area contributed by atoms with E-state index in [4.69, 9.17) is 0 Å². The third-order valence-electron chi connectivity index (χ3n) is 1.87. The Morgan fingerprint density at radius 2 is 1.93 bits per heavy atom. The predicted octanol–water partition coefficient (Wildman–Crippen LogP) is 4.94. The van der Waals surface area contributed by atoms with Crippen molar-refractivity contribution in [2.45, 2.75) is 10.6 Å². The van der Waals surface area contributed by atoms with Gasteiger partial charge in [0, 0.05) is 20.0 Å². The first-order valence-corrected chi connectivity index (χ1v) is 7.02. The summed E-state index contributed by atoms with van der Waals surface area (Å²) in [6, 6.07) is 8.64. The van der Waals surface area contributed by atoms with Crippen LogP contribution in [-0.4, -0.2) is 0 Å². The maximum atomic E-state index is 12.6. The van der Waals surface area contributed by atoms with Gasteiger partial charge in [0.05, 0.1) is 0 Å². The van der Waals surface area contributed by atoms with Crippen molar-refractivity contribution in [3.05, 3.63) is 50.9 Å². The van der Waals surface area contributed by atoms with Crippen molar-refractivity contribution >= 4 is 39.0 Å². The Balaban J connectivity index is 1.99. The molecule has 0 nitrogen and oxygen atoms in total. The summed E-state index contributed by atoms with van der Waals surface area (Å²) in [7, 11) is 0. The Morgan fingerprint density at radius 1 is 1.20 bits per heavy atom. The van der Waals surface area contributed by atoms with Gasteiger partial charge in [-0.05, 0) is 51.6 Å². The summed E-state index contributed by atoms with van der Waals surface area (Å²) in [5.41, 5.74) is 0. The zero-order valence-electron chi connectivity index (χ0n) is 7.74. The fraction of sp³-hybridized carbons (Fsp3) is 0.0909. The molecule has 0 bridgehead atoms. The molecule has 0 fully saturated rings. The SMILES string of the molecule is Fc1ccc(SCc2sccc2Br)cc1. The molecule has 0 spiro atoms. The van der Waals surface area contributed by atoms with Gasteiger partial charge in [-0.25, -0.2) is 4.39 Å². The predicted molar refractivity (Wildman–Crippen MR) is 68.0 cm³/mol. The first-order valence-electron chi connectivity index (χ1n) is 4.36. The van der Waals surface area contributed by atoms with Crippen LogP contribution in [0.4, 0.5) is 4.39 Å². The summed E-state index contributed by atoms with van der Waals surface area (Å²) < 4.78 is 13.8. The molecule has 0 atom stereocenters. The lowest BCUT2D eigenvalue weighted by Crippen LogP contribution is -1.77. The van der Waals surface area contributed by atoms with Crippen LogP contribution >= 0.6 is 39.0 Å². The number of hydrogen-bond donors (Lipinski definition) is 0. The van der Waals surface area contributed by atoms with E-state index in [0.29, 0.717) is 0 Å². The molecule has 2 rings (SSSR count). The van der Waals surface area contributed by atoms with Crippen molar-refractivity contribution < 1.29 is 4.39 Å². The largest absolute Gasteiger partial charge is 0.207 e. The molecular weight excluding hydrogens is 295 g/mol. The molecular formula is C11H8BrFS2. The molecule has 15 heavy (non-hydrogen) atoms. The molecule has 0 saturated carbocycles. The normalized spacial score (nSPS) is 10.5. The van der Waals surface area contributed by atoms with Crippen LogP contribution in [0, 0.1) is 5.82 Å². The Labute approximate surface area is 105 Å². The Bertz CT molecular complexity index is 436. The molecule has 1 aromatic heterocycles. The van der Waals surface area contributed by atoms with E-state index in [1.807, 2.05) is 18.2 Å². The van der Waals surface area contributed by atoms with Gasteiger partial charge in [-0.1, -0.05) is 0 Å². The van der Waals surface area contributed by atoms with E-state index >= 15 is 0 Å². The highest BCUT2D eigenvalue weighted by Gasteiger charge is 2.02. The lowest BCUT2D eigenvalue weighted by Gasteiger charge is -2.00. The van der Waals surface area contributed by atoms with Crippen LogP contribution < -0.4 is 0 Å². The van der Waals surface area contributed by atoms with Gasteiger partial charge in [-0.2, -0.15) is 0 Å². The van der Waals surface area contributed by atoms with E-state index in [1.165, 1.54) is 17.0 Å². The molecule has 4 heteroatoms. The van der Waals surface area contributed by atoms with Crippen LogP contribution in [-0.2, 0) is 5.75 Å². The zero-order valence-corrected chi connectivity index (χ0v) is 11.0. The number of benzene rings is 1. The van der Waals surface area contributed by atoms with E-state index < -0.39 is 0 Å². The van der Waals surface area contributed by atoms with Crippen molar-refractivity contribution in [2.75, 3.05) is 0 Å². The first kappa shape index (κ1) is 11.2. The van der Waals surface area contributed by atoms with Gasteiger partial charge >= 0.3 is 0 Å². The quantitative estimate of drug-likeness (QED) is 0.724. The molecule has 2 aromatic rings. The minimum atomic E-state index is -0.184. The van der Waals surface area contributed by atoms with Gasteiger partial charge in [-0.15, -0.1) is 23.1 Å². The molecule has 1 heterocycles. The monoisotopic (exact) mass is 302 g/mol. The van der Waals surface area contributed by atoms with Crippen LogP contribution in [0.2, 0.25) is 0 Å². The Kier molecular flexibility index (Phi) is 3.83. The Morgan fingerprint density at radius 3 is 2.53 bits per heavy atom. The van der Waals surface area contributed by atoms with Crippen LogP contribution in [0.3, 0.4) is 0 Å². The summed E-state index contributed by atoms with van der Waals surface area (Å²) in [4.78, 5) is 2.40. The summed E-state index contributed by atoms with van der Waals surface area (Å²) in [6.45, 7) is 0. The van der Waals surface area contributed by atoms with Crippen molar-refractivity contribution in [3.63, 3.8) is 0 Å². The average Bonchev–Trinajstić information content (AvgIpc) is 2.63. The van der Waals surface area contributed by atoms with Crippen LogP contribution in [0.15, 0.2) is 45.1 Å². The lowest BCUT2D eigenvalue weighted by atomic mass is 10.4. The lowest BCUT2D eigenvalue weighted by molar-refractivity contribution is 0.626. The zero-order chi connectivity index (χ0) is 10.7. The van der Waals surface area contributed by atoms with E-state index in [1.54, 1.807) is 23.1 Å².